The van der Waals surface area contributed by atoms with Crippen LogP contribution in [-0.2, 0) is 15.4 Å². The van der Waals surface area contributed by atoms with Crippen LogP contribution in [-0.4, -0.2) is 28.3 Å². The Kier molecular flexibility index (Phi) is 5.07. The summed E-state index contributed by atoms with van der Waals surface area (Å²) >= 11 is 6.20. The van der Waals surface area contributed by atoms with Crippen LogP contribution >= 0.6 is 11.6 Å². The number of nitrogens with zero attached hydrogens (tertiary/aromatic N) is 1. The number of nitrogens with two attached hydrogens (primary N) is 1. The second-order valence-corrected chi connectivity index (χ2v) is 7.91. The highest BCUT2D eigenvalue weighted by atomic mass is 35.5. The van der Waals surface area contributed by atoms with Crippen LogP contribution in [0, 0.1) is 11.6 Å². The second kappa shape index (κ2) is 7.03. The number of rotatable bonds is 4. The largest absolute Gasteiger partial charge is 0.495 e. The third-order valence-electron chi connectivity index (χ3n) is 4.39. The fourth-order valence-corrected chi connectivity index (χ4v) is 3.92. The van der Waals surface area contributed by atoms with Crippen LogP contribution in [0.25, 0.3) is 0 Å². The quantitative estimate of drug-likeness (QED) is 0.837. The second-order valence-electron chi connectivity index (χ2n) is 5.98. The summed E-state index contributed by atoms with van der Waals surface area (Å²) in [6, 6.07) is 6.27. The molecular formula is C18H15ClF2N2O3S. The number of methoxy groups -OCH3 is 1. The van der Waals surface area contributed by atoms with Crippen LogP contribution in [0.3, 0.4) is 0 Å². The molecule has 1 heterocycles. The van der Waals surface area contributed by atoms with Gasteiger partial charge < -0.3 is 4.74 Å². The first kappa shape index (κ1) is 19.5. The zero-order valence-electron chi connectivity index (χ0n) is 14.1. The Balaban J connectivity index is 2.26. The van der Waals surface area contributed by atoms with E-state index in [1.54, 1.807) is 30.4 Å². The summed E-state index contributed by atoms with van der Waals surface area (Å²) in [6.07, 6.45) is 4.80. The summed E-state index contributed by atoms with van der Waals surface area (Å²) in [5, 5.41) is 5.24. The van der Waals surface area contributed by atoms with Crippen molar-refractivity contribution in [3.05, 3.63) is 70.3 Å². The lowest BCUT2D eigenvalue weighted by atomic mass is 9.73. The number of benzene rings is 2. The van der Waals surface area contributed by atoms with E-state index < -0.39 is 32.0 Å². The van der Waals surface area contributed by atoms with Gasteiger partial charge in [-0.05, 0) is 35.9 Å². The lowest BCUT2D eigenvalue weighted by Crippen LogP contribution is -2.32. The van der Waals surface area contributed by atoms with E-state index in [0.717, 1.165) is 6.07 Å². The van der Waals surface area contributed by atoms with Gasteiger partial charge in [0, 0.05) is 11.8 Å². The standard InChI is InChI=1S/C18H15ClF2N2O3S/c1-26-16-4-3-11(7-13(16)19)18(5-2-6-23-10-18)12-8-15(21)17(9-14(12)20)27(22,24)25/h2-9H,10H2,1H3,(H2,22,24,25). The van der Waals surface area contributed by atoms with E-state index in [9.17, 15) is 17.2 Å². The zero-order valence-corrected chi connectivity index (χ0v) is 15.7. The minimum absolute atomic E-state index is 0.0806. The average molecular weight is 413 g/mol. The Morgan fingerprint density at radius 1 is 1.22 bits per heavy atom. The van der Waals surface area contributed by atoms with Crippen molar-refractivity contribution in [2.45, 2.75) is 10.3 Å². The van der Waals surface area contributed by atoms with Gasteiger partial charge in [-0.25, -0.2) is 22.3 Å². The van der Waals surface area contributed by atoms with Gasteiger partial charge in [-0.15, -0.1) is 0 Å². The summed E-state index contributed by atoms with van der Waals surface area (Å²) in [5.74, 6) is -1.64. The molecule has 1 aliphatic rings. The van der Waals surface area contributed by atoms with Gasteiger partial charge in [0.05, 0.1) is 24.1 Å². The highest BCUT2D eigenvalue weighted by Crippen LogP contribution is 2.40. The van der Waals surface area contributed by atoms with Crippen molar-refractivity contribution < 1.29 is 21.9 Å². The molecule has 2 N–H and O–H groups in total. The smallest absolute Gasteiger partial charge is 0.241 e. The van der Waals surface area contributed by atoms with Crippen LogP contribution in [0.2, 0.25) is 5.02 Å². The van der Waals surface area contributed by atoms with Crippen molar-refractivity contribution >= 4 is 27.8 Å². The first-order chi connectivity index (χ1) is 12.7. The third-order valence-corrected chi connectivity index (χ3v) is 5.61. The van der Waals surface area contributed by atoms with Crippen LogP contribution < -0.4 is 9.88 Å². The lowest BCUT2D eigenvalue weighted by Gasteiger charge is -2.32. The van der Waals surface area contributed by atoms with Crippen molar-refractivity contribution in [2.75, 3.05) is 13.7 Å². The highest BCUT2D eigenvalue weighted by Gasteiger charge is 2.37. The molecule has 0 aromatic heterocycles. The van der Waals surface area contributed by atoms with E-state index in [4.69, 9.17) is 21.5 Å². The van der Waals surface area contributed by atoms with Crippen molar-refractivity contribution in [1.82, 2.24) is 0 Å². The Morgan fingerprint density at radius 2 is 1.96 bits per heavy atom. The molecule has 9 heteroatoms. The maximum absolute atomic E-state index is 14.9. The normalized spacial score (nSPS) is 19.3. The summed E-state index contributed by atoms with van der Waals surface area (Å²) in [5.41, 5.74) is -0.711. The van der Waals surface area contributed by atoms with Gasteiger partial charge in [0.2, 0.25) is 10.0 Å². The number of ether oxygens (including phenoxy) is 1. The number of aliphatic imine (C=N–C) groups is 1. The predicted octanol–water partition coefficient (Wildman–Crippen LogP) is 3.20. The first-order valence-corrected chi connectivity index (χ1v) is 9.65. The van der Waals surface area contributed by atoms with Crippen molar-refractivity contribution in [3.8, 4) is 5.75 Å². The number of sulfonamides is 1. The molecule has 1 atom stereocenters. The van der Waals surface area contributed by atoms with E-state index in [-0.39, 0.29) is 12.1 Å². The molecule has 0 fully saturated rings. The third kappa shape index (κ3) is 3.47. The van der Waals surface area contributed by atoms with Gasteiger partial charge >= 0.3 is 0 Å². The molecule has 0 saturated carbocycles. The molecule has 0 spiro atoms. The molecule has 3 rings (SSSR count). The molecule has 0 amide bonds. The van der Waals surface area contributed by atoms with Gasteiger partial charge in [-0.2, -0.15) is 0 Å². The number of hydrogen-bond donors (Lipinski definition) is 1. The van der Waals surface area contributed by atoms with Crippen LogP contribution in [0.4, 0.5) is 8.78 Å². The molecule has 0 radical (unpaired) electrons. The molecule has 1 unspecified atom stereocenters. The number of primary sulfonamides is 1. The molecule has 142 valence electrons. The van der Waals surface area contributed by atoms with E-state index in [1.807, 2.05) is 0 Å². The molecule has 2 aromatic rings. The van der Waals surface area contributed by atoms with Crippen molar-refractivity contribution in [2.24, 2.45) is 10.1 Å². The number of dihydropyridines is 1. The lowest BCUT2D eigenvalue weighted by molar-refractivity contribution is 0.414. The van der Waals surface area contributed by atoms with E-state index in [0.29, 0.717) is 22.4 Å². The topological polar surface area (TPSA) is 81.8 Å². The molecule has 0 saturated heterocycles. The molecule has 0 aliphatic carbocycles. The maximum atomic E-state index is 14.9. The number of halogens is 3. The van der Waals surface area contributed by atoms with E-state index in [2.05, 4.69) is 4.99 Å². The Hall–Kier alpha value is -2.29. The van der Waals surface area contributed by atoms with Crippen LogP contribution in [0.15, 0.2) is 52.4 Å². The van der Waals surface area contributed by atoms with Gasteiger partial charge in [-0.1, -0.05) is 23.7 Å². The Bertz CT molecular complexity index is 1070. The first-order valence-electron chi connectivity index (χ1n) is 7.73. The van der Waals surface area contributed by atoms with E-state index in [1.165, 1.54) is 13.3 Å². The fraction of sp³-hybridized carbons (Fsp3) is 0.167. The molecule has 2 aromatic carbocycles. The SMILES string of the molecule is COc1ccc(C2(c3cc(F)c(S(N)(=O)=O)cc3F)C=CC=NC2)cc1Cl. The molecule has 0 bridgehead atoms. The molecule has 27 heavy (non-hydrogen) atoms. The van der Waals surface area contributed by atoms with Gasteiger partial charge in [0.15, 0.2) is 0 Å². The average Bonchev–Trinajstić information content (AvgIpc) is 2.63. The minimum Gasteiger partial charge on any atom is -0.495 e. The minimum atomic E-state index is -4.40. The highest BCUT2D eigenvalue weighted by molar-refractivity contribution is 7.89. The monoisotopic (exact) mass is 412 g/mol. The maximum Gasteiger partial charge on any atom is 0.241 e. The van der Waals surface area contributed by atoms with Gasteiger partial charge in [-0.3, -0.25) is 4.99 Å². The van der Waals surface area contributed by atoms with Crippen LogP contribution in [0.5, 0.6) is 5.75 Å². The summed E-state index contributed by atoms with van der Waals surface area (Å²) in [6.45, 7) is 0.0806. The molecule has 5 nitrogen and oxygen atoms in total. The van der Waals surface area contributed by atoms with Crippen LogP contribution in [0.1, 0.15) is 11.1 Å². The molecular weight excluding hydrogens is 398 g/mol. The fourth-order valence-electron chi connectivity index (χ4n) is 3.07. The Labute approximate surface area is 160 Å². The van der Waals surface area contributed by atoms with Gasteiger partial charge in [0.25, 0.3) is 0 Å². The predicted molar refractivity (Wildman–Crippen MR) is 99.0 cm³/mol. The molecule has 1 aliphatic heterocycles. The zero-order chi connectivity index (χ0) is 19.8. The summed E-state index contributed by atoms with van der Waals surface area (Å²) in [4.78, 5) is 3.27. The number of allylic oxidation sites excluding steroid dienone is 1. The van der Waals surface area contributed by atoms with Crippen molar-refractivity contribution in [1.29, 1.82) is 0 Å². The Morgan fingerprint density at radius 3 is 2.52 bits per heavy atom. The summed E-state index contributed by atoms with van der Waals surface area (Å²) in [7, 11) is -2.94. The van der Waals surface area contributed by atoms with Gasteiger partial charge in [0.1, 0.15) is 22.3 Å². The van der Waals surface area contributed by atoms with Crippen molar-refractivity contribution in [3.63, 3.8) is 0 Å². The number of hydrogen-bond acceptors (Lipinski definition) is 4. The van der Waals surface area contributed by atoms with E-state index >= 15 is 0 Å². The summed E-state index contributed by atoms with van der Waals surface area (Å²) < 4.78 is 57.4.